The van der Waals surface area contributed by atoms with Gasteiger partial charge in [-0.05, 0) is 112 Å². The Morgan fingerprint density at radius 1 is 0.475 bits per heavy atom. The van der Waals surface area contributed by atoms with Gasteiger partial charge in [0.2, 0.25) is 0 Å². The highest BCUT2D eigenvalue weighted by atomic mass is 15.3. The first-order valence-electron chi connectivity index (χ1n) is 22.2. The van der Waals surface area contributed by atoms with E-state index in [1.807, 2.05) is 0 Å². The predicted molar refractivity (Wildman–Crippen MR) is 256 cm³/mol. The topological polar surface area (TPSA) is 34.0 Å². The van der Waals surface area contributed by atoms with E-state index in [0.717, 1.165) is 65.5 Å². The highest BCUT2D eigenvalue weighted by Crippen LogP contribution is 2.56. The minimum absolute atomic E-state index is 0.0738. The van der Waals surface area contributed by atoms with Gasteiger partial charge in [-0.15, -0.1) is 10.2 Å². The van der Waals surface area contributed by atoms with Gasteiger partial charge in [0.15, 0.2) is 11.6 Å². The van der Waals surface area contributed by atoms with Crippen LogP contribution in [0.2, 0.25) is 0 Å². The van der Waals surface area contributed by atoms with Gasteiger partial charge in [0.05, 0.1) is 0 Å². The van der Waals surface area contributed by atoms with E-state index in [1.54, 1.807) is 0 Å². The van der Waals surface area contributed by atoms with E-state index >= 15 is 0 Å². The largest absolute Gasteiger partial charge is 0.310 e. The first kappa shape index (κ1) is 39.9. The molecule has 7 aromatic carbocycles. The predicted octanol–water partition coefficient (Wildman–Crippen LogP) is 15.7. The maximum absolute atomic E-state index is 4.83. The normalized spacial score (nSPS) is 12.9. The quantitative estimate of drug-likeness (QED) is 0.117. The van der Waals surface area contributed by atoms with Crippen LogP contribution in [0.25, 0.3) is 50.7 Å². The van der Waals surface area contributed by atoms with Crippen molar-refractivity contribution in [1.82, 2.24) is 14.8 Å². The smallest absolute Gasteiger partial charge is 0.168 e. The Hall–Kier alpha value is -6.52. The molecule has 0 radical (unpaired) electrons. The van der Waals surface area contributed by atoms with Crippen LogP contribution in [0.1, 0.15) is 89.8 Å². The number of para-hydroxylation sites is 3. The maximum atomic E-state index is 4.83. The average Bonchev–Trinajstić information content (AvgIpc) is 3.86. The van der Waals surface area contributed by atoms with E-state index < -0.39 is 0 Å². The molecular weight excluding hydrogens is 741 g/mol. The van der Waals surface area contributed by atoms with Crippen LogP contribution in [0.5, 0.6) is 0 Å². The molecule has 1 aromatic heterocycles. The molecular formula is C57H56N4. The van der Waals surface area contributed by atoms with Gasteiger partial charge in [0.1, 0.15) is 0 Å². The van der Waals surface area contributed by atoms with Gasteiger partial charge in [-0.1, -0.05) is 182 Å². The van der Waals surface area contributed by atoms with Gasteiger partial charge in [-0.2, -0.15) is 0 Å². The van der Waals surface area contributed by atoms with Crippen LogP contribution < -0.4 is 4.90 Å². The summed E-state index contributed by atoms with van der Waals surface area (Å²) in [6, 6.07) is 64.2. The lowest BCUT2D eigenvalue weighted by Crippen LogP contribution is -2.26. The zero-order chi connectivity index (χ0) is 42.0. The third-order valence-electron chi connectivity index (χ3n) is 12.7. The zero-order valence-electron chi connectivity index (χ0n) is 36.3. The Bertz CT molecular complexity index is 2680. The van der Waals surface area contributed by atoms with E-state index in [2.05, 4.69) is 220 Å². The van der Waals surface area contributed by atoms with Gasteiger partial charge in [-0.25, -0.2) is 0 Å². The van der Waals surface area contributed by atoms with E-state index in [-0.39, 0.29) is 10.8 Å². The van der Waals surface area contributed by atoms with Crippen molar-refractivity contribution in [3.05, 3.63) is 193 Å². The summed E-state index contributed by atoms with van der Waals surface area (Å²) in [6.45, 7) is 11.4. The number of rotatable bonds is 13. The Labute approximate surface area is 362 Å². The summed E-state index contributed by atoms with van der Waals surface area (Å²) >= 11 is 0. The van der Waals surface area contributed by atoms with Gasteiger partial charge >= 0.3 is 0 Å². The van der Waals surface area contributed by atoms with Crippen LogP contribution in [-0.2, 0) is 10.8 Å². The number of hydrogen-bond acceptors (Lipinski definition) is 3. The molecule has 0 amide bonds. The minimum Gasteiger partial charge on any atom is -0.310 e. The Morgan fingerprint density at radius 2 is 0.934 bits per heavy atom. The molecule has 0 bridgehead atoms. The monoisotopic (exact) mass is 796 g/mol. The summed E-state index contributed by atoms with van der Waals surface area (Å²) in [7, 11) is 0. The van der Waals surface area contributed by atoms with Crippen molar-refractivity contribution in [3.8, 4) is 50.7 Å². The van der Waals surface area contributed by atoms with Gasteiger partial charge in [0.25, 0.3) is 0 Å². The molecule has 0 spiro atoms. The summed E-state index contributed by atoms with van der Waals surface area (Å²) in [5.74, 6) is 1.66. The summed E-state index contributed by atoms with van der Waals surface area (Å²) in [4.78, 5) is 2.41. The van der Waals surface area contributed by atoms with Gasteiger partial charge in [0, 0.05) is 39.3 Å². The van der Waals surface area contributed by atoms with Crippen molar-refractivity contribution in [2.75, 3.05) is 4.90 Å². The Kier molecular flexibility index (Phi) is 11.0. The summed E-state index contributed by atoms with van der Waals surface area (Å²) in [5, 5.41) is 9.62. The molecule has 4 heteroatoms. The summed E-state index contributed by atoms with van der Waals surface area (Å²) in [5.41, 5.74) is 16.1. The molecule has 1 aliphatic carbocycles. The van der Waals surface area contributed by atoms with Crippen LogP contribution in [-0.4, -0.2) is 14.8 Å². The van der Waals surface area contributed by atoms with Crippen LogP contribution in [0.4, 0.5) is 17.1 Å². The van der Waals surface area contributed by atoms with Crippen LogP contribution >= 0.6 is 0 Å². The second-order valence-electron chi connectivity index (χ2n) is 17.7. The number of anilines is 3. The molecule has 0 saturated carbocycles. The zero-order valence-corrected chi connectivity index (χ0v) is 36.3. The third-order valence-corrected chi connectivity index (χ3v) is 12.7. The highest BCUT2D eigenvalue weighted by molar-refractivity contribution is 5.87. The molecule has 8 aromatic rings. The molecule has 9 rings (SSSR count). The lowest BCUT2D eigenvalue weighted by atomic mass is 9.70. The molecule has 0 aliphatic heterocycles. The maximum Gasteiger partial charge on any atom is 0.168 e. The molecule has 0 fully saturated rings. The number of aromatic nitrogens is 3. The van der Waals surface area contributed by atoms with Crippen molar-refractivity contribution in [3.63, 3.8) is 0 Å². The standard InChI is InChI=1S/C57H56N4/c1-6-8-37-57(38-9-7-2)52-39-44(31-35-50(52)51-36-34-49(40-53(51)57)60(46-19-13-10-14-20-46)47-21-15-11-16-22-47)41-25-27-42(28-26-41)54-58-59-55(61(54)48-23-17-12-18-24-48)43-29-32-45(33-30-43)56(3,4)5/h10-36,39-40H,6-9,37-38H2,1-5H3. The van der Waals surface area contributed by atoms with Crippen molar-refractivity contribution in [2.24, 2.45) is 0 Å². The Morgan fingerprint density at radius 3 is 1.46 bits per heavy atom. The van der Waals surface area contributed by atoms with Gasteiger partial charge < -0.3 is 4.90 Å². The lowest BCUT2D eigenvalue weighted by molar-refractivity contribution is 0.414. The third kappa shape index (κ3) is 7.61. The molecule has 0 saturated heterocycles. The molecule has 61 heavy (non-hydrogen) atoms. The second-order valence-corrected chi connectivity index (χ2v) is 17.7. The van der Waals surface area contributed by atoms with E-state index in [4.69, 9.17) is 10.2 Å². The van der Waals surface area contributed by atoms with Crippen molar-refractivity contribution >= 4 is 17.1 Å². The number of benzene rings is 7. The number of hydrogen-bond donors (Lipinski definition) is 0. The molecule has 0 atom stereocenters. The molecule has 4 nitrogen and oxygen atoms in total. The van der Waals surface area contributed by atoms with E-state index in [1.165, 1.54) is 57.5 Å². The first-order valence-corrected chi connectivity index (χ1v) is 22.2. The van der Waals surface area contributed by atoms with E-state index in [0.29, 0.717) is 0 Å². The van der Waals surface area contributed by atoms with Crippen LogP contribution in [0, 0.1) is 0 Å². The van der Waals surface area contributed by atoms with Crippen LogP contribution in [0.3, 0.4) is 0 Å². The SMILES string of the molecule is CCCCC1(CCCC)c2cc(-c3ccc(-c4nnc(-c5ccc(C(C)(C)C)cc5)n4-c4ccccc4)cc3)ccc2-c2ccc(N(c3ccccc3)c3ccccc3)cc21. The van der Waals surface area contributed by atoms with Crippen molar-refractivity contribution < 1.29 is 0 Å². The lowest BCUT2D eigenvalue weighted by Gasteiger charge is -2.34. The highest BCUT2D eigenvalue weighted by Gasteiger charge is 2.43. The fourth-order valence-electron chi connectivity index (χ4n) is 9.43. The summed E-state index contributed by atoms with van der Waals surface area (Å²) in [6.07, 6.45) is 6.94. The minimum atomic E-state index is -0.0741. The van der Waals surface area contributed by atoms with Crippen molar-refractivity contribution in [1.29, 1.82) is 0 Å². The first-order chi connectivity index (χ1) is 29.8. The molecule has 1 aliphatic rings. The molecule has 0 unspecified atom stereocenters. The van der Waals surface area contributed by atoms with E-state index in [9.17, 15) is 0 Å². The summed E-state index contributed by atoms with van der Waals surface area (Å²) < 4.78 is 2.19. The average molecular weight is 797 g/mol. The van der Waals surface area contributed by atoms with Gasteiger partial charge in [-0.3, -0.25) is 4.57 Å². The number of nitrogens with zero attached hydrogens (tertiary/aromatic N) is 4. The fraction of sp³-hybridized carbons (Fsp3) is 0.228. The molecule has 0 N–H and O–H groups in total. The number of unbranched alkanes of at least 4 members (excludes halogenated alkanes) is 2. The molecule has 304 valence electrons. The Balaban J connectivity index is 1.11. The number of fused-ring (bicyclic) bond motifs is 3. The van der Waals surface area contributed by atoms with Crippen molar-refractivity contribution in [2.45, 2.75) is 84.0 Å². The molecule has 1 heterocycles. The van der Waals surface area contributed by atoms with Crippen LogP contribution in [0.15, 0.2) is 176 Å². The fourth-order valence-corrected chi connectivity index (χ4v) is 9.43. The second kappa shape index (κ2) is 16.9.